The molecular formula is C60H130O6P2S2. The Morgan fingerprint density at radius 1 is 0.286 bits per heavy atom. The van der Waals surface area contributed by atoms with E-state index in [1.54, 1.807) is 49.3 Å². The van der Waals surface area contributed by atoms with Crippen LogP contribution in [0.2, 0.25) is 0 Å². The normalized spacial score (nSPS) is 12.9. The SMILES string of the molecule is CCCCCCCCCC(C)C[P+](CCCC)(CCCC)CCCC.CCCCCCCCCCCCCC(C)C[P+](CCCC)(CCCC)CCCC.CCCCS(=O)(=O)[O-].CCCCS(=O)(=O)[O-]. The molecule has 2 atom stereocenters. The van der Waals surface area contributed by atoms with Crippen LogP contribution in [0.1, 0.15) is 314 Å². The lowest BCUT2D eigenvalue weighted by molar-refractivity contribution is 0.458. The van der Waals surface area contributed by atoms with Gasteiger partial charge in [-0.05, 0) is 76.0 Å². The van der Waals surface area contributed by atoms with Crippen molar-refractivity contribution in [2.75, 3.05) is 60.8 Å². The van der Waals surface area contributed by atoms with E-state index < -0.39 is 34.8 Å². The van der Waals surface area contributed by atoms with E-state index in [4.69, 9.17) is 0 Å². The average Bonchev–Trinajstić information content (AvgIpc) is 3.32. The summed E-state index contributed by atoms with van der Waals surface area (Å²) in [6.07, 6.45) is 62.0. The minimum atomic E-state index is -3.94. The monoisotopic (exact) mass is 1070 g/mol. The van der Waals surface area contributed by atoms with Crippen molar-refractivity contribution in [3.05, 3.63) is 0 Å². The van der Waals surface area contributed by atoms with Crippen molar-refractivity contribution in [2.24, 2.45) is 11.8 Å². The first kappa shape index (κ1) is 77.2. The predicted molar refractivity (Wildman–Crippen MR) is 323 cm³/mol. The van der Waals surface area contributed by atoms with E-state index in [0.717, 1.165) is 24.7 Å². The van der Waals surface area contributed by atoms with Crippen LogP contribution in [-0.2, 0) is 20.2 Å². The third kappa shape index (κ3) is 59.6. The van der Waals surface area contributed by atoms with Crippen molar-refractivity contribution >= 4 is 34.8 Å². The van der Waals surface area contributed by atoms with Gasteiger partial charge in [0.25, 0.3) is 0 Å². The van der Waals surface area contributed by atoms with Crippen molar-refractivity contribution in [1.82, 2.24) is 0 Å². The zero-order valence-corrected chi connectivity index (χ0v) is 53.3. The van der Waals surface area contributed by atoms with Crippen LogP contribution in [0, 0.1) is 11.8 Å². The molecule has 0 aromatic carbocycles. The smallest absolute Gasteiger partial charge is 0.0945 e. The summed E-state index contributed by atoms with van der Waals surface area (Å²) in [6.45, 7) is 27.8. The van der Waals surface area contributed by atoms with Gasteiger partial charge in [0, 0.05) is 26.0 Å². The summed E-state index contributed by atoms with van der Waals surface area (Å²) in [6, 6.07) is 0. The summed E-state index contributed by atoms with van der Waals surface area (Å²) in [5, 5.41) is 0. The molecule has 0 aliphatic carbocycles. The molecule has 10 heteroatoms. The van der Waals surface area contributed by atoms with Gasteiger partial charge in [-0.2, -0.15) is 0 Å². The van der Waals surface area contributed by atoms with Gasteiger partial charge in [0.1, 0.15) is 0 Å². The molecule has 0 bridgehead atoms. The maximum atomic E-state index is 9.83. The van der Waals surface area contributed by atoms with E-state index in [2.05, 4.69) is 69.2 Å². The van der Waals surface area contributed by atoms with Crippen LogP contribution >= 0.6 is 14.5 Å². The first-order valence-electron chi connectivity index (χ1n) is 31.0. The second-order valence-electron chi connectivity index (χ2n) is 22.2. The average molecular weight is 1070 g/mol. The molecule has 0 aromatic rings. The highest BCUT2D eigenvalue weighted by molar-refractivity contribution is 7.85. The first-order chi connectivity index (χ1) is 33.4. The molecule has 0 spiro atoms. The largest absolute Gasteiger partial charge is 0.748 e. The van der Waals surface area contributed by atoms with Crippen molar-refractivity contribution in [2.45, 2.75) is 314 Å². The van der Waals surface area contributed by atoms with E-state index in [0.29, 0.717) is 12.8 Å². The Hall–Kier alpha value is 0.680. The highest BCUT2D eigenvalue weighted by atomic mass is 32.2. The van der Waals surface area contributed by atoms with Gasteiger partial charge >= 0.3 is 0 Å². The van der Waals surface area contributed by atoms with Crippen LogP contribution in [0.4, 0.5) is 0 Å². The molecule has 0 aliphatic rings. The third-order valence-corrected chi connectivity index (χ3v) is 26.4. The van der Waals surface area contributed by atoms with Crippen molar-refractivity contribution in [3.63, 3.8) is 0 Å². The summed E-state index contributed by atoms with van der Waals surface area (Å²) in [5.41, 5.74) is 0. The van der Waals surface area contributed by atoms with Crippen LogP contribution in [-0.4, -0.2) is 86.7 Å². The topological polar surface area (TPSA) is 114 Å². The first-order valence-corrected chi connectivity index (χ1v) is 39.2. The summed E-state index contributed by atoms with van der Waals surface area (Å²) < 4.78 is 59.0. The van der Waals surface area contributed by atoms with Gasteiger partial charge in [-0.15, -0.1) is 0 Å². The van der Waals surface area contributed by atoms with Gasteiger partial charge in [-0.25, -0.2) is 16.8 Å². The second-order valence-corrected chi connectivity index (χ2v) is 34.0. The molecule has 70 heavy (non-hydrogen) atoms. The quantitative estimate of drug-likeness (QED) is 0.0341. The van der Waals surface area contributed by atoms with Crippen LogP contribution < -0.4 is 0 Å². The van der Waals surface area contributed by atoms with E-state index in [1.165, 1.54) is 205 Å². The zero-order valence-electron chi connectivity index (χ0n) is 49.8. The maximum absolute atomic E-state index is 9.83. The maximum Gasteiger partial charge on any atom is 0.0945 e. The molecule has 0 rings (SSSR count). The summed E-state index contributed by atoms with van der Waals surface area (Å²) >= 11 is 0. The Morgan fingerprint density at radius 3 is 0.643 bits per heavy atom. The van der Waals surface area contributed by atoms with E-state index >= 15 is 0 Å². The Kier molecular flexibility index (Phi) is 61.6. The Balaban J connectivity index is -0.000000476. The number of rotatable bonds is 48. The van der Waals surface area contributed by atoms with Crippen LogP contribution in [0.5, 0.6) is 0 Å². The van der Waals surface area contributed by atoms with E-state index in [9.17, 15) is 25.9 Å². The molecule has 2 unspecified atom stereocenters. The van der Waals surface area contributed by atoms with Crippen LogP contribution in [0.15, 0.2) is 0 Å². The van der Waals surface area contributed by atoms with Gasteiger partial charge in [0.15, 0.2) is 0 Å². The standard InChI is InChI=1S/C28H60P.C24H52P.2C4H10O3S/c1-6-10-14-15-16-17-18-19-20-21-22-23-28(5)27-29(24-11-7-2,25-12-8-3)26-13-9-4;1-6-10-14-15-16-17-18-19-24(5)23-25(20-11-7-2,21-12-8-3)22-13-9-4;2*1-2-3-4-8(5,6)7/h28H,6-27H2,1-5H3;24H,6-23H2,1-5H3;2*2-4H2,1H3,(H,5,6,7)/q2*+1;;/p-2. The lowest BCUT2D eigenvalue weighted by Gasteiger charge is -2.30. The van der Waals surface area contributed by atoms with Gasteiger partial charge in [-0.1, -0.05) is 250 Å². The lowest BCUT2D eigenvalue weighted by Crippen LogP contribution is -2.17. The highest BCUT2D eigenvalue weighted by Gasteiger charge is 2.38. The molecule has 0 amide bonds. The Morgan fingerprint density at radius 2 is 0.471 bits per heavy atom. The van der Waals surface area contributed by atoms with Crippen molar-refractivity contribution in [1.29, 1.82) is 0 Å². The minimum absolute atomic E-state index is 0.219. The van der Waals surface area contributed by atoms with Gasteiger partial charge in [-0.3, -0.25) is 0 Å². The predicted octanol–water partition coefficient (Wildman–Crippen LogP) is 20.6. The number of unbranched alkanes of at least 4 members (excludes halogenated alkanes) is 24. The minimum Gasteiger partial charge on any atom is -0.748 e. The Labute approximate surface area is 445 Å². The zero-order chi connectivity index (χ0) is 53.7. The van der Waals surface area contributed by atoms with E-state index in [1.807, 2.05) is 13.8 Å². The Bertz CT molecular complexity index is 1150. The molecule has 0 aromatic heterocycles. The van der Waals surface area contributed by atoms with Crippen LogP contribution in [0.3, 0.4) is 0 Å². The fourth-order valence-electron chi connectivity index (χ4n) is 9.93. The molecule has 0 heterocycles. The molecule has 428 valence electrons. The number of hydrogen-bond acceptors (Lipinski definition) is 6. The fraction of sp³-hybridized carbons (Fsp3) is 1.00. The fourth-order valence-corrected chi connectivity index (χ4v) is 22.6. The van der Waals surface area contributed by atoms with Gasteiger partial charge in [0.2, 0.25) is 0 Å². The van der Waals surface area contributed by atoms with E-state index in [-0.39, 0.29) is 11.5 Å². The highest BCUT2D eigenvalue weighted by Crippen LogP contribution is 2.63. The summed E-state index contributed by atoms with van der Waals surface area (Å²) in [4.78, 5) is 0. The third-order valence-electron chi connectivity index (χ3n) is 14.4. The summed E-state index contributed by atoms with van der Waals surface area (Å²) in [7, 11) is -9.23. The number of hydrogen-bond donors (Lipinski definition) is 0. The van der Waals surface area contributed by atoms with Gasteiger partial charge < -0.3 is 9.11 Å². The molecule has 0 N–H and O–H groups in total. The molecule has 0 aliphatic heterocycles. The van der Waals surface area contributed by atoms with Crippen molar-refractivity contribution < 1.29 is 25.9 Å². The molecule has 0 saturated heterocycles. The molecule has 0 saturated carbocycles. The lowest BCUT2D eigenvalue weighted by atomic mass is 10.0. The molecule has 6 nitrogen and oxygen atoms in total. The molecule has 0 radical (unpaired) electrons. The second kappa shape index (κ2) is 55.9. The van der Waals surface area contributed by atoms with Gasteiger partial charge in [0.05, 0.1) is 69.5 Å². The summed E-state index contributed by atoms with van der Waals surface area (Å²) in [5.74, 6) is 1.52. The van der Waals surface area contributed by atoms with Crippen molar-refractivity contribution in [3.8, 4) is 0 Å². The van der Waals surface area contributed by atoms with Crippen LogP contribution in [0.25, 0.3) is 0 Å². The molecule has 0 fully saturated rings. The molecular weight excluding hydrogens is 943 g/mol.